The standard InChI is InChI=1S/C29H50O5/c1-17(2)8-7-9-18(3)22-10-11-23-21-14-25(34-19(4)30)29(33)15-20(31)12-13-28(29,6)26(21)24(32)16-27(22,23)5/h17-18,20-26,31-33H,7-16H2,1-6H3/t18-,20+,21+,22-,23+,24+,25-,26-,27-,28-,29+/m1/s1. The second-order valence-electron chi connectivity index (χ2n) is 13.6. The zero-order chi connectivity index (χ0) is 25.1. The SMILES string of the molecule is CC(=O)O[C@@H]1C[C@@H]2[C@H]([C@@H](O)C[C@]3(C)[C@@H]([C@H](C)CCCC(C)C)CC[C@@H]23)[C@@]2(C)CC[C@H](O)C[C@]12O. The molecule has 0 aliphatic heterocycles. The molecule has 4 aliphatic rings. The first-order valence-electron chi connectivity index (χ1n) is 14.1. The van der Waals surface area contributed by atoms with Crippen molar-refractivity contribution in [3.05, 3.63) is 0 Å². The predicted octanol–water partition coefficient (Wildman–Crippen LogP) is 5.10. The summed E-state index contributed by atoms with van der Waals surface area (Å²) in [5.74, 6) is 2.30. The number of aliphatic hydroxyl groups excluding tert-OH is 2. The van der Waals surface area contributed by atoms with Gasteiger partial charge in [-0.1, -0.05) is 53.9 Å². The van der Waals surface area contributed by atoms with E-state index in [-0.39, 0.29) is 29.6 Å². The Kier molecular flexibility index (Phi) is 7.25. The lowest BCUT2D eigenvalue weighted by atomic mass is 9.41. The zero-order valence-electron chi connectivity index (χ0n) is 22.4. The van der Waals surface area contributed by atoms with E-state index in [9.17, 15) is 20.1 Å². The van der Waals surface area contributed by atoms with Gasteiger partial charge in [-0.25, -0.2) is 0 Å². The minimum Gasteiger partial charge on any atom is -0.459 e. The van der Waals surface area contributed by atoms with Gasteiger partial charge in [0.05, 0.1) is 12.2 Å². The summed E-state index contributed by atoms with van der Waals surface area (Å²) >= 11 is 0. The molecular weight excluding hydrogens is 428 g/mol. The highest BCUT2D eigenvalue weighted by Gasteiger charge is 2.70. The third kappa shape index (κ3) is 4.16. The number of hydrogen-bond acceptors (Lipinski definition) is 5. The van der Waals surface area contributed by atoms with Crippen molar-refractivity contribution in [3.8, 4) is 0 Å². The van der Waals surface area contributed by atoms with Gasteiger partial charge >= 0.3 is 5.97 Å². The fraction of sp³-hybridized carbons (Fsp3) is 0.966. The average molecular weight is 479 g/mol. The highest BCUT2D eigenvalue weighted by molar-refractivity contribution is 5.66. The Morgan fingerprint density at radius 1 is 1.06 bits per heavy atom. The third-order valence-corrected chi connectivity index (χ3v) is 11.2. The van der Waals surface area contributed by atoms with Crippen molar-refractivity contribution in [1.29, 1.82) is 0 Å². The molecular formula is C29H50O5. The van der Waals surface area contributed by atoms with Gasteiger partial charge in [0.2, 0.25) is 0 Å². The van der Waals surface area contributed by atoms with Crippen LogP contribution in [0.15, 0.2) is 0 Å². The van der Waals surface area contributed by atoms with Crippen LogP contribution in [0.4, 0.5) is 0 Å². The molecule has 4 saturated carbocycles. The zero-order valence-corrected chi connectivity index (χ0v) is 22.4. The molecule has 4 fully saturated rings. The number of fused-ring (bicyclic) bond motifs is 5. The smallest absolute Gasteiger partial charge is 0.303 e. The van der Waals surface area contributed by atoms with Crippen LogP contribution in [0.2, 0.25) is 0 Å². The molecule has 0 spiro atoms. The number of carbonyl (C=O) groups excluding carboxylic acids is 1. The number of hydrogen-bond donors (Lipinski definition) is 3. The first-order valence-corrected chi connectivity index (χ1v) is 14.1. The van der Waals surface area contributed by atoms with Crippen LogP contribution in [0.1, 0.15) is 106 Å². The summed E-state index contributed by atoms with van der Waals surface area (Å²) in [6.07, 6.45) is 7.35. The molecule has 0 saturated heterocycles. The van der Waals surface area contributed by atoms with E-state index in [2.05, 4.69) is 34.6 Å². The fourth-order valence-electron chi connectivity index (χ4n) is 9.72. The van der Waals surface area contributed by atoms with Crippen LogP contribution in [0.3, 0.4) is 0 Å². The summed E-state index contributed by atoms with van der Waals surface area (Å²) in [7, 11) is 0. The molecule has 0 radical (unpaired) electrons. The highest BCUT2D eigenvalue weighted by Crippen LogP contribution is 2.69. The topological polar surface area (TPSA) is 87.0 Å². The molecule has 196 valence electrons. The van der Waals surface area contributed by atoms with Crippen molar-refractivity contribution in [3.63, 3.8) is 0 Å². The second-order valence-corrected chi connectivity index (χ2v) is 13.6. The van der Waals surface area contributed by atoms with E-state index in [4.69, 9.17) is 4.74 Å². The lowest BCUT2D eigenvalue weighted by molar-refractivity contribution is -0.286. The number of rotatable bonds is 6. The summed E-state index contributed by atoms with van der Waals surface area (Å²) in [4.78, 5) is 12.1. The van der Waals surface area contributed by atoms with E-state index in [1.807, 2.05) is 0 Å². The normalized spacial score (nSPS) is 49.2. The first kappa shape index (κ1) is 26.4. The predicted molar refractivity (Wildman–Crippen MR) is 133 cm³/mol. The minimum absolute atomic E-state index is 0.0233. The molecule has 3 N–H and O–H groups in total. The Balaban J connectivity index is 1.63. The molecule has 4 aliphatic carbocycles. The van der Waals surface area contributed by atoms with Crippen molar-refractivity contribution in [2.75, 3.05) is 0 Å². The van der Waals surface area contributed by atoms with E-state index in [0.29, 0.717) is 37.0 Å². The molecule has 0 aromatic carbocycles. The number of aliphatic hydroxyl groups is 3. The van der Waals surface area contributed by atoms with Gasteiger partial charge in [-0.2, -0.15) is 0 Å². The van der Waals surface area contributed by atoms with Gasteiger partial charge in [0.15, 0.2) is 0 Å². The molecule has 0 unspecified atom stereocenters. The van der Waals surface area contributed by atoms with E-state index in [1.165, 1.54) is 32.6 Å². The van der Waals surface area contributed by atoms with Crippen LogP contribution in [-0.2, 0) is 9.53 Å². The summed E-state index contributed by atoms with van der Waals surface area (Å²) in [5.41, 5.74) is -1.79. The van der Waals surface area contributed by atoms with Gasteiger partial charge < -0.3 is 20.1 Å². The van der Waals surface area contributed by atoms with Gasteiger partial charge in [-0.15, -0.1) is 0 Å². The maximum absolute atomic E-state index is 12.1. The van der Waals surface area contributed by atoms with Gasteiger partial charge in [0, 0.05) is 18.8 Å². The number of esters is 1. The van der Waals surface area contributed by atoms with Crippen molar-refractivity contribution < 1.29 is 24.9 Å². The van der Waals surface area contributed by atoms with Crippen molar-refractivity contribution in [2.45, 2.75) is 130 Å². The van der Waals surface area contributed by atoms with Crippen LogP contribution in [0, 0.1) is 46.3 Å². The molecule has 34 heavy (non-hydrogen) atoms. The Morgan fingerprint density at radius 3 is 2.41 bits per heavy atom. The summed E-state index contributed by atoms with van der Waals surface area (Å²) in [6, 6.07) is 0. The third-order valence-electron chi connectivity index (χ3n) is 11.2. The van der Waals surface area contributed by atoms with Gasteiger partial charge in [0.25, 0.3) is 0 Å². The molecule has 4 rings (SSSR count). The van der Waals surface area contributed by atoms with E-state index in [0.717, 1.165) is 18.8 Å². The van der Waals surface area contributed by atoms with Gasteiger partial charge in [0.1, 0.15) is 11.7 Å². The fourth-order valence-corrected chi connectivity index (χ4v) is 9.72. The van der Waals surface area contributed by atoms with Gasteiger partial charge in [-0.3, -0.25) is 4.79 Å². The minimum atomic E-state index is -1.30. The molecule has 0 amide bonds. The largest absolute Gasteiger partial charge is 0.459 e. The molecule has 5 nitrogen and oxygen atoms in total. The number of carbonyl (C=O) groups is 1. The molecule has 0 aromatic heterocycles. The Morgan fingerprint density at radius 2 is 1.76 bits per heavy atom. The Hall–Kier alpha value is -0.650. The van der Waals surface area contributed by atoms with Gasteiger partial charge in [-0.05, 0) is 79.4 Å². The molecule has 0 bridgehead atoms. The average Bonchev–Trinajstić information content (AvgIpc) is 3.05. The molecule has 11 atom stereocenters. The molecule has 5 heteroatoms. The van der Waals surface area contributed by atoms with Crippen molar-refractivity contribution >= 4 is 5.97 Å². The quantitative estimate of drug-likeness (QED) is 0.463. The Labute approximate surface area is 207 Å². The summed E-state index contributed by atoms with van der Waals surface area (Å²) < 4.78 is 5.81. The van der Waals surface area contributed by atoms with Crippen LogP contribution >= 0.6 is 0 Å². The maximum atomic E-state index is 12.1. The van der Waals surface area contributed by atoms with Crippen LogP contribution < -0.4 is 0 Å². The maximum Gasteiger partial charge on any atom is 0.303 e. The van der Waals surface area contributed by atoms with E-state index < -0.39 is 29.3 Å². The highest BCUT2D eigenvalue weighted by atomic mass is 16.6. The molecule has 0 heterocycles. The first-order chi connectivity index (χ1) is 15.8. The molecule has 0 aromatic rings. The van der Waals surface area contributed by atoms with Crippen LogP contribution in [0.5, 0.6) is 0 Å². The van der Waals surface area contributed by atoms with Crippen LogP contribution in [0.25, 0.3) is 0 Å². The summed E-state index contributed by atoms with van der Waals surface area (Å²) in [5, 5.41) is 34.2. The van der Waals surface area contributed by atoms with Crippen molar-refractivity contribution in [1.82, 2.24) is 0 Å². The number of ether oxygens (including phenoxy) is 1. The monoisotopic (exact) mass is 478 g/mol. The van der Waals surface area contributed by atoms with Crippen molar-refractivity contribution in [2.24, 2.45) is 46.3 Å². The Bertz CT molecular complexity index is 753. The van der Waals surface area contributed by atoms with E-state index >= 15 is 0 Å². The summed E-state index contributed by atoms with van der Waals surface area (Å²) in [6.45, 7) is 12.9. The lowest BCUT2D eigenvalue weighted by Gasteiger charge is -2.66. The second kappa shape index (κ2) is 9.34. The van der Waals surface area contributed by atoms with Crippen LogP contribution in [-0.4, -0.2) is 45.2 Å². The lowest BCUT2D eigenvalue weighted by Crippen LogP contribution is -2.71. The van der Waals surface area contributed by atoms with E-state index in [1.54, 1.807) is 0 Å².